The van der Waals surface area contributed by atoms with Gasteiger partial charge in [0.15, 0.2) is 5.67 Å². The van der Waals surface area contributed by atoms with E-state index < -0.39 is 52.9 Å². The summed E-state index contributed by atoms with van der Waals surface area (Å²) in [7, 11) is 0. The summed E-state index contributed by atoms with van der Waals surface area (Å²) in [6.45, 7) is 4.38. The summed E-state index contributed by atoms with van der Waals surface area (Å²) in [6.07, 6.45) is 2.95. The van der Waals surface area contributed by atoms with Gasteiger partial charge in [-0.25, -0.2) is 13.8 Å². The zero-order valence-electron chi connectivity index (χ0n) is 21.5. The molecule has 3 N–H and O–H groups in total. The molecule has 2 saturated heterocycles. The number of piperidine rings is 1. The number of hydrogen-bond donors (Lipinski definition) is 3. The van der Waals surface area contributed by atoms with Gasteiger partial charge in [0.05, 0.1) is 12.5 Å². The van der Waals surface area contributed by atoms with Crippen molar-refractivity contribution in [1.82, 2.24) is 26.0 Å². The maximum Gasteiger partial charge on any atom is 0.291 e. The highest BCUT2D eigenvalue weighted by Crippen LogP contribution is 2.65. The quantitative estimate of drug-likeness (QED) is 0.300. The summed E-state index contributed by atoms with van der Waals surface area (Å²) in [5.74, 6) is -4.46. The maximum atomic E-state index is 14.4. The Labute approximate surface area is 224 Å². The molecule has 13 heteroatoms. The van der Waals surface area contributed by atoms with Crippen molar-refractivity contribution in [2.75, 3.05) is 19.6 Å². The number of halogens is 3. The lowest BCUT2D eigenvalue weighted by molar-refractivity contribution is -0.151. The van der Waals surface area contributed by atoms with Crippen LogP contribution in [0, 0.1) is 29.1 Å². The van der Waals surface area contributed by atoms with Crippen LogP contribution in [0.2, 0.25) is 0 Å². The molecule has 0 aromatic carbocycles. The number of rotatable bonds is 8. The van der Waals surface area contributed by atoms with Crippen LogP contribution in [0.25, 0.3) is 0 Å². The van der Waals surface area contributed by atoms with E-state index in [0.29, 0.717) is 25.8 Å². The first-order valence-electron chi connectivity index (χ1n) is 13.3. The average molecular weight is 558 g/mol. The molecule has 2 heterocycles. The molecule has 5 fully saturated rings. The lowest BCUT2D eigenvalue weighted by Gasteiger charge is -2.39. The molecule has 0 bridgehead atoms. The van der Waals surface area contributed by atoms with E-state index in [1.54, 1.807) is 0 Å². The number of carbonyl (C=O) groups excluding carboxylic acids is 5. The first-order valence-corrected chi connectivity index (χ1v) is 13.8. The second-order valence-corrected chi connectivity index (χ2v) is 12.4. The molecule has 5 aliphatic rings. The summed E-state index contributed by atoms with van der Waals surface area (Å²) in [4.78, 5) is 65.9. The Balaban J connectivity index is 1.35. The minimum absolute atomic E-state index is 0.0163. The maximum absolute atomic E-state index is 14.4. The number of amides is 5. The molecule has 2 aliphatic heterocycles. The normalized spacial score (nSPS) is 31.8. The zero-order chi connectivity index (χ0) is 27.6. The number of hydrazine groups is 1. The van der Waals surface area contributed by atoms with Gasteiger partial charge in [0.25, 0.3) is 23.4 Å². The van der Waals surface area contributed by atoms with Crippen molar-refractivity contribution in [3.05, 3.63) is 0 Å². The second kappa shape index (κ2) is 9.60. The first kappa shape index (κ1) is 27.1. The third kappa shape index (κ3) is 4.73. The smallest absolute Gasteiger partial charge is 0.291 e. The summed E-state index contributed by atoms with van der Waals surface area (Å²) >= 11 is 5.39. The number of hydrogen-bond acceptors (Lipinski definition) is 5. The summed E-state index contributed by atoms with van der Waals surface area (Å²) < 4.78 is 28.2. The fraction of sp³-hybridized carbons (Fsp3) is 0.800. The van der Waals surface area contributed by atoms with E-state index in [2.05, 4.69) is 16.1 Å². The minimum atomic E-state index is -2.43. The molecule has 3 saturated carbocycles. The van der Waals surface area contributed by atoms with Crippen LogP contribution in [0.3, 0.4) is 0 Å². The Morgan fingerprint density at radius 1 is 1.21 bits per heavy atom. The van der Waals surface area contributed by atoms with Crippen LogP contribution in [0.5, 0.6) is 0 Å². The van der Waals surface area contributed by atoms with Gasteiger partial charge in [0, 0.05) is 13.1 Å². The van der Waals surface area contributed by atoms with Gasteiger partial charge >= 0.3 is 0 Å². The Morgan fingerprint density at radius 3 is 2.42 bits per heavy atom. The fourth-order valence-corrected chi connectivity index (χ4v) is 6.42. The van der Waals surface area contributed by atoms with Crippen LogP contribution < -0.4 is 16.1 Å². The SMILES string of the molecule is CC1(C)[C@@H]2[C@@H](C(=O)NN(C[C@@H]3CCNC3=O)C(=O)[C@H](F)Cl)N(C(=O)[C@@H](NC(=O)C3(F)CC3)C3CCC3)C[C@@H]21. The van der Waals surface area contributed by atoms with Crippen LogP contribution in [0.15, 0.2) is 0 Å². The van der Waals surface area contributed by atoms with Crippen molar-refractivity contribution in [1.29, 1.82) is 0 Å². The molecular formula is C25H34ClF2N5O5. The molecule has 5 amide bonds. The predicted octanol–water partition coefficient (Wildman–Crippen LogP) is 0.787. The highest BCUT2D eigenvalue weighted by molar-refractivity contribution is 6.29. The van der Waals surface area contributed by atoms with E-state index in [1.807, 2.05) is 13.8 Å². The topological polar surface area (TPSA) is 128 Å². The number of alkyl halides is 3. The third-order valence-corrected chi connectivity index (χ3v) is 9.48. The van der Waals surface area contributed by atoms with Gasteiger partial charge in [-0.05, 0) is 55.3 Å². The monoisotopic (exact) mass is 557 g/mol. The summed E-state index contributed by atoms with van der Waals surface area (Å²) in [5, 5.41) is 5.98. The van der Waals surface area contributed by atoms with E-state index in [9.17, 15) is 32.8 Å². The number of fused-ring (bicyclic) bond motifs is 1. The van der Waals surface area contributed by atoms with Gasteiger partial charge < -0.3 is 15.5 Å². The minimum Gasteiger partial charge on any atom is -0.356 e. The molecule has 0 spiro atoms. The van der Waals surface area contributed by atoms with E-state index in [1.165, 1.54) is 4.90 Å². The molecule has 3 aliphatic carbocycles. The van der Waals surface area contributed by atoms with Crippen LogP contribution in [0.4, 0.5) is 8.78 Å². The number of nitrogens with zero attached hydrogens (tertiary/aromatic N) is 2. The fourth-order valence-electron chi connectivity index (χ4n) is 6.30. The highest BCUT2D eigenvalue weighted by atomic mass is 35.5. The van der Waals surface area contributed by atoms with Crippen molar-refractivity contribution in [3.63, 3.8) is 0 Å². The third-order valence-electron chi connectivity index (χ3n) is 9.29. The van der Waals surface area contributed by atoms with Gasteiger partial charge in [-0.15, -0.1) is 0 Å². The molecular weight excluding hydrogens is 524 g/mol. The second-order valence-electron chi connectivity index (χ2n) is 12.0. The van der Waals surface area contributed by atoms with Crippen LogP contribution in [-0.2, 0) is 24.0 Å². The standard InChI is InChI=1S/C25H34ClF2N5O5/c1-24(2)14-11-32(21(36)16(12-4-3-5-12)30-23(38)25(28)7-8-25)17(15(14)24)20(35)31-33(22(37)18(26)27)10-13-6-9-29-19(13)34/h12-18H,3-11H2,1-2H3,(H,29,34)(H,30,38)(H,31,35)/t13-,14-,15-,16-,17-,18-/m0/s1. The Morgan fingerprint density at radius 2 is 1.89 bits per heavy atom. The van der Waals surface area contributed by atoms with Crippen molar-refractivity contribution >= 4 is 41.1 Å². The van der Waals surface area contributed by atoms with Crippen molar-refractivity contribution in [3.8, 4) is 0 Å². The molecule has 38 heavy (non-hydrogen) atoms. The van der Waals surface area contributed by atoms with Gasteiger partial charge in [0.2, 0.25) is 11.8 Å². The largest absolute Gasteiger partial charge is 0.356 e. The van der Waals surface area contributed by atoms with Crippen LogP contribution in [-0.4, -0.2) is 82.5 Å². The predicted molar refractivity (Wildman–Crippen MR) is 130 cm³/mol. The Kier molecular flexibility index (Phi) is 6.84. The molecule has 0 radical (unpaired) electrons. The molecule has 10 nitrogen and oxygen atoms in total. The van der Waals surface area contributed by atoms with Gasteiger partial charge in [-0.1, -0.05) is 31.9 Å². The Hall–Kier alpha value is -2.50. The highest BCUT2D eigenvalue weighted by Gasteiger charge is 2.70. The number of nitrogens with one attached hydrogen (secondary N) is 3. The molecule has 0 unspecified atom stereocenters. The molecule has 0 aromatic heterocycles. The molecule has 210 valence electrons. The molecule has 6 atom stereocenters. The lowest BCUT2D eigenvalue weighted by atomic mass is 9.78. The summed E-state index contributed by atoms with van der Waals surface area (Å²) in [5.41, 5.74) is -2.18. The lowest BCUT2D eigenvalue weighted by Crippen LogP contribution is -2.61. The molecule has 0 aromatic rings. The van der Waals surface area contributed by atoms with Crippen molar-refractivity contribution in [2.45, 2.75) is 75.8 Å². The van der Waals surface area contributed by atoms with Gasteiger partial charge in [-0.2, -0.15) is 0 Å². The van der Waals surface area contributed by atoms with E-state index >= 15 is 0 Å². The summed E-state index contributed by atoms with van der Waals surface area (Å²) in [6, 6.07) is -1.93. The van der Waals surface area contributed by atoms with Crippen LogP contribution >= 0.6 is 11.6 Å². The first-order chi connectivity index (χ1) is 17.8. The number of likely N-dealkylation sites (tertiary alicyclic amines) is 1. The van der Waals surface area contributed by atoms with Gasteiger partial charge in [-0.3, -0.25) is 29.4 Å². The Bertz CT molecular complexity index is 1050. The van der Waals surface area contributed by atoms with Crippen molar-refractivity contribution in [2.24, 2.45) is 29.1 Å². The van der Waals surface area contributed by atoms with Crippen molar-refractivity contribution < 1.29 is 32.8 Å². The van der Waals surface area contributed by atoms with E-state index in [-0.39, 0.29) is 55.0 Å². The molecule has 5 rings (SSSR count). The zero-order valence-corrected chi connectivity index (χ0v) is 22.2. The van der Waals surface area contributed by atoms with E-state index in [0.717, 1.165) is 11.4 Å². The average Bonchev–Trinajstić information content (AvgIpc) is 3.50. The number of carbonyl (C=O) groups is 5. The van der Waals surface area contributed by atoms with E-state index in [4.69, 9.17) is 11.6 Å². The van der Waals surface area contributed by atoms with Crippen LogP contribution in [0.1, 0.15) is 52.4 Å². The van der Waals surface area contributed by atoms with Gasteiger partial charge in [0.1, 0.15) is 12.1 Å².